The monoisotopic (exact) mass is 272 g/mol. The Kier molecular flexibility index (Phi) is 4.28. The largest absolute Gasteiger partial charge is 0.412 e. The van der Waals surface area contributed by atoms with E-state index in [1.54, 1.807) is 36.4 Å². The van der Waals surface area contributed by atoms with Gasteiger partial charge in [-0.1, -0.05) is 30.3 Å². The lowest BCUT2D eigenvalue weighted by Crippen LogP contribution is -2.26. The first-order valence-corrected chi connectivity index (χ1v) is 5.89. The average Bonchev–Trinajstić information content (AvgIpc) is 2.46. The first kappa shape index (κ1) is 13.5. The van der Waals surface area contributed by atoms with Gasteiger partial charge in [0.15, 0.2) is 0 Å². The van der Waals surface area contributed by atoms with Gasteiger partial charge in [-0.3, -0.25) is 10.1 Å². The molecule has 0 aliphatic rings. The van der Waals surface area contributed by atoms with Crippen molar-refractivity contribution in [3.05, 3.63) is 70.3 Å². The molecule has 2 aromatic carbocycles. The standard InChI is InChI=1S/C14H12N2O4/c17-14(20-13-7-2-1-3-8-13)15-10-11-5-4-6-12(9-11)16(18)19/h1-9H,10H2,(H,15,17). The van der Waals surface area contributed by atoms with Crippen molar-refractivity contribution in [1.29, 1.82) is 0 Å². The number of nitro groups is 1. The third-order valence-electron chi connectivity index (χ3n) is 2.51. The summed E-state index contributed by atoms with van der Waals surface area (Å²) in [6.45, 7) is 0.160. The lowest BCUT2D eigenvalue weighted by Gasteiger charge is -2.06. The van der Waals surface area contributed by atoms with E-state index in [1.165, 1.54) is 12.1 Å². The van der Waals surface area contributed by atoms with Crippen LogP contribution in [0.15, 0.2) is 54.6 Å². The zero-order valence-corrected chi connectivity index (χ0v) is 10.5. The van der Waals surface area contributed by atoms with Crippen molar-refractivity contribution in [3.8, 4) is 5.75 Å². The summed E-state index contributed by atoms with van der Waals surface area (Å²) in [5.41, 5.74) is 0.616. The quantitative estimate of drug-likeness (QED) is 0.685. The van der Waals surface area contributed by atoms with Gasteiger partial charge in [0, 0.05) is 18.7 Å². The van der Waals surface area contributed by atoms with Crippen LogP contribution < -0.4 is 10.1 Å². The van der Waals surface area contributed by atoms with Crippen LogP contribution in [0.2, 0.25) is 0 Å². The number of carbonyl (C=O) groups excluding carboxylic acids is 1. The molecule has 0 bridgehead atoms. The van der Waals surface area contributed by atoms with E-state index in [0.29, 0.717) is 11.3 Å². The molecule has 20 heavy (non-hydrogen) atoms. The van der Waals surface area contributed by atoms with E-state index in [1.807, 2.05) is 6.07 Å². The van der Waals surface area contributed by atoms with Crippen LogP contribution in [-0.2, 0) is 6.54 Å². The molecule has 0 spiro atoms. The molecule has 0 fully saturated rings. The predicted octanol–water partition coefficient (Wildman–Crippen LogP) is 2.88. The Balaban J connectivity index is 1.90. The van der Waals surface area contributed by atoms with E-state index >= 15 is 0 Å². The van der Waals surface area contributed by atoms with Crippen LogP contribution in [0.4, 0.5) is 10.5 Å². The van der Waals surface area contributed by atoms with Crippen molar-refractivity contribution in [2.75, 3.05) is 0 Å². The third kappa shape index (κ3) is 3.81. The smallest absolute Gasteiger partial charge is 0.410 e. The molecule has 102 valence electrons. The molecule has 2 rings (SSSR count). The number of amides is 1. The van der Waals surface area contributed by atoms with Crippen LogP contribution >= 0.6 is 0 Å². The second-order valence-corrected chi connectivity index (χ2v) is 3.98. The van der Waals surface area contributed by atoms with Crippen LogP contribution in [0, 0.1) is 10.1 Å². The normalized spacial score (nSPS) is 9.80. The van der Waals surface area contributed by atoms with Gasteiger partial charge in [-0.05, 0) is 17.7 Å². The number of para-hydroxylation sites is 1. The molecule has 0 aliphatic carbocycles. The minimum absolute atomic E-state index is 0.0132. The van der Waals surface area contributed by atoms with Crippen LogP contribution in [0.1, 0.15) is 5.56 Å². The number of hydrogen-bond donors (Lipinski definition) is 1. The van der Waals surface area contributed by atoms with E-state index in [2.05, 4.69) is 5.32 Å². The van der Waals surface area contributed by atoms with E-state index in [0.717, 1.165) is 0 Å². The maximum Gasteiger partial charge on any atom is 0.412 e. The van der Waals surface area contributed by atoms with Crippen molar-refractivity contribution in [3.63, 3.8) is 0 Å². The molecule has 0 atom stereocenters. The van der Waals surface area contributed by atoms with Crippen molar-refractivity contribution >= 4 is 11.8 Å². The van der Waals surface area contributed by atoms with Gasteiger partial charge in [-0.2, -0.15) is 0 Å². The Morgan fingerprint density at radius 3 is 2.60 bits per heavy atom. The Bertz CT molecular complexity index is 614. The molecule has 0 saturated heterocycles. The molecular weight excluding hydrogens is 260 g/mol. The van der Waals surface area contributed by atoms with Crippen LogP contribution in [0.3, 0.4) is 0 Å². The highest BCUT2D eigenvalue weighted by Gasteiger charge is 2.07. The second-order valence-electron chi connectivity index (χ2n) is 3.98. The van der Waals surface area contributed by atoms with E-state index in [9.17, 15) is 14.9 Å². The van der Waals surface area contributed by atoms with Gasteiger partial charge >= 0.3 is 6.09 Å². The van der Waals surface area contributed by atoms with Gasteiger partial charge in [0.1, 0.15) is 5.75 Å². The van der Waals surface area contributed by atoms with Crippen LogP contribution in [0.25, 0.3) is 0 Å². The molecule has 0 aromatic heterocycles. The first-order valence-electron chi connectivity index (χ1n) is 5.89. The van der Waals surface area contributed by atoms with Crippen molar-refractivity contribution in [1.82, 2.24) is 5.32 Å². The number of nitrogens with zero attached hydrogens (tertiary/aromatic N) is 1. The molecule has 1 amide bonds. The summed E-state index contributed by atoms with van der Waals surface area (Å²) in [6, 6.07) is 14.7. The number of benzene rings is 2. The first-order chi connectivity index (χ1) is 9.65. The number of ether oxygens (including phenoxy) is 1. The summed E-state index contributed by atoms with van der Waals surface area (Å²) in [5, 5.41) is 13.2. The van der Waals surface area contributed by atoms with Gasteiger partial charge in [-0.15, -0.1) is 0 Å². The second kappa shape index (κ2) is 6.33. The molecule has 0 radical (unpaired) electrons. The van der Waals surface area contributed by atoms with Crippen LogP contribution in [0.5, 0.6) is 5.75 Å². The fourth-order valence-corrected chi connectivity index (χ4v) is 1.59. The molecule has 1 N–H and O–H groups in total. The number of carbonyl (C=O) groups is 1. The molecule has 0 heterocycles. The fraction of sp³-hybridized carbons (Fsp3) is 0.0714. The molecule has 6 heteroatoms. The van der Waals surface area contributed by atoms with Crippen molar-refractivity contribution in [2.24, 2.45) is 0 Å². The van der Waals surface area contributed by atoms with E-state index < -0.39 is 11.0 Å². The fourth-order valence-electron chi connectivity index (χ4n) is 1.59. The molecule has 0 aliphatic heterocycles. The highest BCUT2D eigenvalue weighted by molar-refractivity contribution is 5.70. The van der Waals surface area contributed by atoms with Crippen molar-refractivity contribution < 1.29 is 14.5 Å². The summed E-state index contributed by atoms with van der Waals surface area (Å²) in [6.07, 6.45) is -0.609. The Labute approximate surface area is 115 Å². The average molecular weight is 272 g/mol. The summed E-state index contributed by atoms with van der Waals surface area (Å²) in [7, 11) is 0. The number of rotatable bonds is 4. The maximum atomic E-state index is 11.5. The minimum atomic E-state index is -0.609. The summed E-state index contributed by atoms with van der Waals surface area (Å²) in [5.74, 6) is 0.434. The maximum absolute atomic E-state index is 11.5. The number of nitro benzene ring substituents is 1. The lowest BCUT2D eigenvalue weighted by molar-refractivity contribution is -0.384. The third-order valence-corrected chi connectivity index (χ3v) is 2.51. The zero-order valence-electron chi connectivity index (χ0n) is 10.5. The molecule has 0 saturated carbocycles. The zero-order chi connectivity index (χ0) is 14.4. The van der Waals surface area contributed by atoms with Gasteiger partial charge in [0.25, 0.3) is 5.69 Å². The molecule has 2 aromatic rings. The lowest BCUT2D eigenvalue weighted by atomic mass is 10.2. The number of nitrogens with one attached hydrogen (secondary N) is 1. The Morgan fingerprint density at radius 1 is 1.15 bits per heavy atom. The number of non-ortho nitro benzene ring substituents is 1. The summed E-state index contributed by atoms with van der Waals surface area (Å²) < 4.78 is 5.03. The SMILES string of the molecule is O=C(NCc1cccc([N+](=O)[O-])c1)Oc1ccccc1. The summed E-state index contributed by atoms with van der Waals surface area (Å²) >= 11 is 0. The highest BCUT2D eigenvalue weighted by Crippen LogP contribution is 2.13. The van der Waals surface area contributed by atoms with Gasteiger partial charge in [-0.25, -0.2) is 4.79 Å². The molecule has 6 nitrogen and oxygen atoms in total. The molecule has 0 unspecified atom stereocenters. The molecular formula is C14H12N2O4. The number of hydrogen-bond acceptors (Lipinski definition) is 4. The van der Waals surface area contributed by atoms with Crippen LogP contribution in [-0.4, -0.2) is 11.0 Å². The Hall–Kier alpha value is -2.89. The predicted molar refractivity (Wildman–Crippen MR) is 72.4 cm³/mol. The van der Waals surface area contributed by atoms with Gasteiger partial charge in [0.2, 0.25) is 0 Å². The Morgan fingerprint density at radius 2 is 1.90 bits per heavy atom. The highest BCUT2D eigenvalue weighted by atomic mass is 16.6. The summed E-state index contributed by atoms with van der Waals surface area (Å²) in [4.78, 5) is 21.7. The topological polar surface area (TPSA) is 81.5 Å². The van der Waals surface area contributed by atoms with E-state index in [-0.39, 0.29) is 12.2 Å². The van der Waals surface area contributed by atoms with Crippen molar-refractivity contribution in [2.45, 2.75) is 6.54 Å². The minimum Gasteiger partial charge on any atom is -0.410 e. The van der Waals surface area contributed by atoms with E-state index in [4.69, 9.17) is 4.74 Å². The van der Waals surface area contributed by atoms with Gasteiger partial charge in [0.05, 0.1) is 4.92 Å². The van der Waals surface area contributed by atoms with Gasteiger partial charge < -0.3 is 10.1 Å².